The first kappa shape index (κ1) is 12.1. The van der Waals surface area contributed by atoms with Crippen LogP contribution in [0.25, 0.3) is 10.8 Å². The molecule has 0 aliphatic heterocycles. The molecule has 0 radical (unpaired) electrons. The fourth-order valence-corrected chi connectivity index (χ4v) is 2.45. The summed E-state index contributed by atoms with van der Waals surface area (Å²) in [5.74, 6) is 0.570. The predicted octanol–water partition coefficient (Wildman–Crippen LogP) is 3.76. The Hall–Kier alpha value is -1.34. The molecule has 0 aromatic heterocycles. The van der Waals surface area contributed by atoms with Crippen LogP contribution < -0.4 is 5.73 Å². The molecule has 0 saturated carbocycles. The van der Waals surface area contributed by atoms with Crippen molar-refractivity contribution in [2.75, 3.05) is 0 Å². The van der Waals surface area contributed by atoms with Crippen LogP contribution in [0.2, 0.25) is 0 Å². The summed E-state index contributed by atoms with van der Waals surface area (Å²) in [5, 5.41) is 2.69. The largest absolute Gasteiger partial charge is 0.328 e. The van der Waals surface area contributed by atoms with Gasteiger partial charge in [0, 0.05) is 6.04 Å². The van der Waals surface area contributed by atoms with E-state index < -0.39 is 0 Å². The maximum Gasteiger partial charge on any atom is 0.00418 e. The number of benzene rings is 2. The molecule has 2 unspecified atom stereocenters. The molecule has 2 rings (SSSR count). The molecular formula is C16H21N. The van der Waals surface area contributed by atoms with E-state index in [-0.39, 0.29) is 6.04 Å². The van der Waals surface area contributed by atoms with Gasteiger partial charge >= 0.3 is 0 Å². The van der Waals surface area contributed by atoms with E-state index in [4.69, 9.17) is 5.73 Å². The quantitative estimate of drug-likeness (QED) is 0.845. The zero-order valence-corrected chi connectivity index (χ0v) is 10.7. The number of fused-ring (bicyclic) bond motifs is 1. The second-order valence-electron chi connectivity index (χ2n) is 4.87. The molecule has 2 aromatic rings. The van der Waals surface area contributed by atoms with Crippen LogP contribution in [0.4, 0.5) is 0 Å². The molecule has 0 saturated heterocycles. The molecule has 1 nitrogen and oxygen atoms in total. The highest BCUT2D eigenvalue weighted by molar-refractivity contribution is 5.85. The maximum absolute atomic E-state index is 6.04. The van der Waals surface area contributed by atoms with E-state index in [0.29, 0.717) is 5.92 Å². The minimum absolute atomic E-state index is 0.263. The van der Waals surface area contributed by atoms with Gasteiger partial charge in [0.25, 0.3) is 0 Å². The van der Waals surface area contributed by atoms with Crippen molar-refractivity contribution in [3.05, 3.63) is 48.0 Å². The Morgan fingerprint density at radius 2 is 1.76 bits per heavy atom. The van der Waals surface area contributed by atoms with Gasteiger partial charge in [-0.05, 0) is 35.6 Å². The standard InChI is InChI=1S/C16H21N/c1-3-13(12(2)17)11-15-9-6-8-14-7-4-5-10-16(14)15/h4-10,12-13H,3,11,17H2,1-2H3. The molecule has 0 bridgehead atoms. The highest BCUT2D eigenvalue weighted by Gasteiger charge is 2.13. The molecule has 2 aromatic carbocycles. The van der Waals surface area contributed by atoms with Gasteiger partial charge in [0.15, 0.2) is 0 Å². The van der Waals surface area contributed by atoms with Gasteiger partial charge in [0.2, 0.25) is 0 Å². The zero-order chi connectivity index (χ0) is 12.3. The Morgan fingerprint density at radius 1 is 1.06 bits per heavy atom. The zero-order valence-electron chi connectivity index (χ0n) is 10.7. The average Bonchev–Trinajstić information content (AvgIpc) is 2.35. The lowest BCUT2D eigenvalue weighted by molar-refractivity contribution is 0.429. The Bertz CT molecular complexity index is 482. The van der Waals surface area contributed by atoms with Gasteiger partial charge in [0.1, 0.15) is 0 Å². The number of hydrogen-bond acceptors (Lipinski definition) is 1. The highest BCUT2D eigenvalue weighted by atomic mass is 14.6. The third-order valence-corrected chi connectivity index (χ3v) is 3.63. The summed E-state index contributed by atoms with van der Waals surface area (Å²) in [6, 6.07) is 15.4. The van der Waals surface area contributed by atoms with E-state index >= 15 is 0 Å². The average molecular weight is 227 g/mol. The summed E-state index contributed by atoms with van der Waals surface area (Å²) in [7, 11) is 0. The first-order chi connectivity index (χ1) is 8.22. The first-order valence-corrected chi connectivity index (χ1v) is 6.44. The summed E-state index contributed by atoms with van der Waals surface area (Å²) in [5.41, 5.74) is 7.46. The molecule has 0 aliphatic rings. The molecule has 0 amide bonds. The number of hydrogen-bond donors (Lipinski definition) is 1. The van der Waals surface area contributed by atoms with Crippen LogP contribution in [-0.4, -0.2) is 6.04 Å². The summed E-state index contributed by atoms with van der Waals surface area (Å²) >= 11 is 0. The van der Waals surface area contributed by atoms with E-state index in [1.807, 2.05) is 0 Å². The Balaban J connectivity index is 2.35. The van der Waals surface area contributed by atoms with Gasteiger partial charge in [-0.25, -0.2) is 0 Å². The van der Waals surface area contributed by atoms with Crippen LogP contribution in [0.3, 0.4) is 0 Å². The van der Waals surface area contributed by atoms with Crippen LogP contribution in [0, 0.1) is 5.92 Å². The van der Waals surface area contributed by atoms with E-state index in [1.165, 1.54) is 16.3 Å². The van der Waals surface area contributed by atoms with E-state index in [9.17, 15) is 0 Å². The minimum atomic E-state index is 0.263. The molecule has 2 atom stereocenters. The molecule has 90 valence electrons. The number of rotatable bonds is 4. The molecule has 0 spiro atoms. The monoisotopic (exact) mass is 227 g/mol. The van der Waals surface area contributed by atoms with Crippen LogP contribution in [0.1, 0.15) is 25.8 Å². The fourth-order valence-electron chi connectivity index (χ4n) is 2.45. The molecule has 0 aliphatic carbocycles. The first-order valence-electron chi connectivity index (χ1n) is 6.44. The van der Waals surface area contributed by atoms with Gasteiger partial charge in [-0.2, -0.15) is 0 Å². The lowest BCUT2D eigenvalue weighted by Gasteiger charge is -2.19. The van der Waals surface area contributed by atoms with Crippen LogP contribution in [-0.2, 0) is 6.42 Å². The van der Waals surface area contributed by atoms with Crippen LogP contribution >= 0.6 is 0 Å². The van der Waals surface area contributed by atoms with Crippen molar-refractivity contribution in [2.45, 2.75) is 32.7 Å². The molecule has 1 heteroatoms. The second-order valence-corrected chi connectivity index (χ2v) is 4.87. The van der Waals surface area contributed by atoms with Gasteiger partial charge in [-0.3, -0.25) is 0 Å². The Kier molecular flexibility index (Phi) is 3.80. The lowest BCUT2D eigenvalue weighted by Crippen LogP contribution is -2.27. The summed E-state index contributed by atoms with van der Waals surface area (Å²) in [4.78, 5) is 0. The molecule has 2 N–H and O–H groups in total. The maximum atomic E-state index is 6.04. The smallest absolute Gasteiger partial charge is 0.00418 e. The van der Waals surface area contributed by atoms with Crippen molar-refractivity contribution in [2.24, 2.45) is 11.7 Å². The van der Waals surface area contributed by atoms with Gasteiger partial charge in [-0.15, -0.1) is 0 Å². The van der Waals surface area contributed by atoms with Gasteiger partial charge < -0.3 is 5.73 Å². The van der Waals surface area contributed by atoms with E-state index in [0.717, 1.165) is 12.8 Å². The topological polar surface area (TPSA) is 26.0 Å². The van der Waals surface area contributed by atoms with Gasteiger partial charge in [-0.1, -0.05) is 55.8 Å². The second kappa shape index (κ2) is 5.33. The number of nitrogens with two attached hydrogens (primary N) is 1. The third kappa shape index (κ3) is 2.67. The van der Waals surface area contributed by atoms with Crippen molar-refractivity contribution < 1.29 is 0 Å². The van der Waals surface area contributed by atoms with Crippen molar-refractivity contribution in [3.8, 4) is 0 Å². The summed E-state index contributed by atoms with van der Waals surface area (Å²) in [6.45, 7) is 4.33. The molecular weight excluding hydrogens is 206 g/mol. The van der Waals surface area contributed by atoms with E-state index in [2.05, 4.69) is 56.3 Å². The van der Waals surface area contributed by atoms with Crippen molar-refractivity contribution in [1.82, 2.24) is 0 Å². The Labute approximate surface area is 104 Å². The minimum Gasteiger partial charge on any atom is -0.328 e. The normalized spacial score (nSPS) is 14.8. The highest BCUT2D eigenvalue weighted by Crippen LogP contribution is 2.23. The van der Waals surface area contributed by atoms with Crippen molar-refractivity contribution in [3.63, 3.8) is 0 Å². The third-order valence-electron chi connectivity index (χ3n) is 3.63. The molecule has 0 heterocycles. The lowest BCUT2D eigenvalue weighted by atomic mass is 9.89. The van der Waals surface area contributed by atoms with Crippen molar-refractivity contribution in [1.29, 1.82) is 0 Å². The van der Waals surface area contributed by atoms with Gasteiger partial charge in [0.05, 0.1) is 0 Å². The molecule has 17 heavy (non-hydrogen) atoms. The SMILES string of the molecule is CCC(Cc1cccc2ccccc12)C(C)N. The van der Waals surface area contributed by atoms with Crippen LogP contribution in [0.15, 0.2) is 42.5 Å². The van der Waals surface area contributed by atoms with Crippen LogP contribution in [0.5, 0.6) is 0 Å². The summed E-state index contributed by atoms with van der Waals surface area (Å²) in [6.07, 6.45) is 2.22. The summed E-state index contributed by atoms with van der Waals surface area (Å²) < 4.78 is 0. The fraction of sp³-hybridized carbons (Fsp3) is 0.375. The van der Waals surface area contributed by atoms with E-state index in [1.54, 1.807) is 0 Å². The molecule has 0 fully saturated rings. The Morgan fingerprint density at radius 3 is 2.47 bits per heavy atom. The van der Waals surface area contributed by atoms with Crippen molar-refractivity contribution >= 4 is 10.8 Å². The predicted molar refractivity (Wildman–Crippen MR) is 75.1 cm³/mol.